The first-order valence-corrected chi connectivity index (χ1v) is 9.50. The van der Waals surface area contributed by atoms with Crippen LogP contribution in [0.5, 0.6) is 0 Å². The van der Waals surface area contributed by atoms with E-state index in [4.69, 9.17) is 0 Å². The van der Waals surface area contributed by atoms with Gasteiger partial charge in [-0.25, -0.2) is 4.39 Å². The lowest BCUT2D eigenvalue weighted by Gasteiger charge is -2.16. The van der Waals surface area contributed by atoms with Gasteiger partial charge < -0.3 is 5.32 Å². The minimum atomic E-state index is -0.377. The average molecular weight is 385 g/mol. The molecule has 0 aliphatic heterocycles. The van der Waals surface area contributed by atoms with E-state index < -0.39 is 0 Å². The number of tetrazole rings is 1. The summed E-state index contributed by atoms with van der Waals surface area (Å²) in [5, 5.41) is 14.8. The van der Waals surface area contributed by atoms with Crippen LogP contribution < -0.4 is 5.32 Å². The standard InChI is InChI=1S/C19H20FN5OS/c1-12(2)16-9-4-6-13(3)18(16)21-17(26)11-27-19-22-23-24-25(19)15-8-5-7-14(20)10-15/h4-10,12H,11H2,1-3H3,(H,21,26). The van der Waals surface area contributed by atoms with Crippen LogP contribution in [-0.2, 0) is 4.79 Å². The van der Waals surface area contributed by atoms with Gasteiger partial charge in [0, 0.05) is 5.69 Å². The Morgan fingerprint density at radius 3 is 2.78 bits per heavy atom. The SMILES string of the molecule is Cc1cccc(C(C)C)c1NC(=O)CSc1nnnn1-c1cccc(F)c1. The van der Waals surface area contributed by atoms with Gasteiger partial charge in [0.2, 0.25) is 11.1 Å². The maximum absolute atomic E-state index is 13.4. The maximum Gasteiger partial charge on any atom is 0.234 e. The van der Waals surface area contributed by atoms with Gasteiger partial charge in [-0.1, -0.05) is 49.9 Å². The van der Waals surface area contributed by atoms with Gasteiger partial charge >= 0.3 is 0 Å². The summed E-state index contributed by atoms with van der Waals surface area (Å²) in [4.78, 5) is 12.5. The molecule has 0 saturated carbocycles. The molecule has 3 aromatic rings. The van der Waals surface area contributed by atoms with Crippen molar-refractivity contribution in [3.63, 3.8) is 0 Å². The summed E-state index contributed by atoms with van der Waals surface area (Å²) in [6.07, 6.45) is 0. The summed E-state index contributed by atoms with van der Waals surface area (Å²) < 4.78 is 14.8. The number of nitrogens with zero attached hydrogens (tertiary/aromatic N) is 4. The number of hydrogen-bond acceptors (Lipinski definition) is 5. The third-order valence-corrected chi connectivity index (χ3v) is 4.94. The molecule has 27 heavy (non-hydrogen) atoms. The number of thioether (sulfide) groups is 1. The van der Waals surface area contributed by atoms with Gasteiger partial charge in [0.15, 0.2) is 0 Å². The zero-order chi connectivity index (χ0) is 19.4. The lowest BCUT2D eigenvalue weighted by atomic mass is 9.98. The number of carbonyl (C=O) groups excluding carboxylic acids is 1. The highest BCUT2D eigenvalue weighted by atomic mass is 32.2. The molecule has 0 saturated heterocycles. The smallest absolute Gasteiger partial charge is 0.234 e. The third kappa shape index (κ3) is 4.51. The van der Waals surface area contributed by atoms with Gasteiger partial charge in [0.05, 0.1) is 11.4 Å². The number of aromatic nitrogens is 4. The first-order valence-electron chi connectivity index (χ1n) is 8.52. The van der Waals surface area contributed by atoms with E-state index in [-0.39, 0.29) is 17.5 Å². The molecule has 1 aromatic heterocycles. The first kappa shape index (κ1) is 19.0. The van der Waals surface area contributed by atoms with E-state index in [1.165, 1.54) is 28.6 Å². The fraction of sp³-hybridized carbons (Fsp3) is 0.263. The number of benzene rings is 2. The van der Waals surface area contributed by atoms with Crippen LogP contribution in [0, 0.1) is 12.7 Å². The number of para-hydroxylation sites is 1. The monoisotopic (exact) mass is 385 g/mol. The highest BCUT2D eigenvalue weighted by Gasteiger charge is 2.15. The summed E-state index contributed by atoms with van der Waals surface area (Å²) in [5.41, 5.74) is 3.47. The van der Waals surface area contributed by atoms with E-state index in [9.17, 15) is 9.18 Å². The van der Waals surface area contributed by atoms with Gasteiger partial charge in [-0.2, -0.15) is 4.68 Å². The molecule has 2 aromatic carbocycles. The van der Waals surface area contributed by atoms with Crippen LogP contribution in [0.4, 0.5) is 10.1 Å². The van der Waals surface area contributed by atoms with E-state index in [1.54, 1.807) is 12.1 Å². The van der Waals surface area contributed by atoms with Gasteiger partial charge in [-0.05, 0) is 52.6 Å². The molecule has 8 heteroatoms. The molecule has 0 atom stereocenters. The van der Waals surface area contributed by atoms with Crippen molar-refractivity contribution in [2.75, 3.05) is 11.1 Å². The Bertz CT molecular complexity index is 957. The van der Waals surface area contributed by atoms with Crippen molar-refractivity contribution in [1.29, 1.82) is 0 Å². The number of amides is 1. The molecule has 6 nitrogen and oxygen atoms in total. The zero-order valence-corrected chi connectivity index (χ0v) is 16.1. The van der Waals surface area contributed by atoms with Crippen molar-refractivity contribution in [3.8, 4) is 5.69 Å². The van der Waals surface area contributed by atoms with Crippen LogP contribution in [0.3, 0.4) is 0 Å². The number of hydrogen-bond donors (Lipinski definition) is 1. The minimum Gasteiger partial charge on any atom is -0.325 e. The molecule has 0 radical (unpaired) electrons. The molecule has 1 amide bonds. The predicted octanol–water partition coefficient (Wildman–Crippen LogP) is 3.96. The maximum atomic E-state index is 13.4. The molecule has 0 spiro atoms. The second-order valence-electron chi connectivity index (χ2n) is 6.38. The molecule has 0 bridgehead atoms. The number of carbonyl (C=O) groups is 1. The van der Waals surface area contributed by atoms with Crippen molar-refractivity contribution in [3.05, 3.63) is 59.4 Å². The average Bonchev–Trinajstić information content (AvgIpc) is 3.10. The predicted molar refractivity (Wildman–Crippen MR) is 104 cm³/mol. The number of nitrogens with one attached hydrogen (secondary N) is 1. The Kier molecular flexibility index (Phi) is 5.85. The summed E-state index contributed by atoms with van der Waals surface area (Å²) in [5.74, 6) is -0.0859. The van der Waals surface area contributed by atoms with Crippen molar-refractivity contribution in [1.82, 2.24) is 20.2 Å². The quantitative estimate of drug-likeness (QED) is 0.650. The fourth-order valence-electron chi connectivity index (χ4n) is 2.69. The Morgan fingerprint density at radius 1 is 1.26 bits per heavy atom. The van der Waals surface area contributed by atoms with Crippen molar-refractivity contribution < 1.29 is 9.18 Å². The van der Waals surface area contributed by atoms with E-state index in [0.717, 1.165) is 16.8 Å². The van der Waals surface area contributed by atoms with Crippen LogP contribution in [-0.4, -0.2) is 31.9 Å². The minimum absolute atomic E-state index is 0.140. The number of aryl methyl sites for hydroxylation is 1. The van der Waals surface area contributed by atoms with Crippen molar-refractivity contribution in [2.45, 2.75) is 31.8 Å². The lowest BCUT2D eigenvalue weighted by Crippen LogP contribution is -2.17. The largest absolute Gasteiger partial charge is 0.325 e. The van der Waals surface area contributed by atoms with Crippen LogP contribution in [0.1, 0.15) is 30.9 Å². The van der Waals surface area contributed by atoms with Gasteiger partial charge in [0.1, 0.15) is 5.82 Å². The Balaban J connectivity index is 1.71. The second-order valence-corrected chi connectivity index (χ2v) is 7.33. The second kappa shape index (κ2) is 8.30. The topological polar surface area (TPSA) is 72.7 Å². The highest BCUT2D eigenvalue weighted by molar-refractivity contribution is 7.99. The molecule has 0 fully saturated rings. The van der Waals surface area contributed by atoms with E-state index in [1.807, 2.05) is 25.1 Å². The van der Waals surface area contributed by atoms with Crippen molar-refractivity contribution in [2.24, 2.45) is 0 Å². The fourth-order valence-corrected chi connectivity index (χ4v) is 3.38. The summed E-state index contributed by atoms with van der Waals surface area (Å²) in [6, 6.07) is 11.9. The Labute approximate surface area is 161 Å². The van der Waals surface area contributed by atoms with Gasteiger partial charge in [0.25, 0.3) is 0 Å². The molecule has 1 N–H and O–H groups in total. The van der Waals surface area contributed by atoms with Crippen LogP contribution in [0.25, 0.3) is 5.69 Å². The van der Waals surface area contributed by atoms with Crippen LogP contribution >= 0.6 is 11.8 Å². The molecule has 140 valence electrons. The third-order valence-electron chi connectivity index (χ3n) is 4.02. The van der Waals surface area contributed by atoms with E-state index >= 15 is 0 Å². The van der Waals surface area contributed by atoms with Gasteiger partial charge in [-0.15, -0.1) is 5.10 Å². The molecule has 3 rings (SSSR count). The normalized spacial score (nSPS) is 11.0. The molecular formula is C19H20FN5OS. The molecule has 0 aliphatic rings. The Hall–Kier alpha value is -2.74. The highest BCUT2D eigenvalue weighted by Crippen LogP contribution is 2.28. The number of halogens is 1. The Morgan fingerprint density at radius 2 is 2.04 bits per heavy atom. The lowest BCUT2D eigenvalue weighted by molar-refractivity contribution is -0.113. The van der Waals surface area contributed by atoms with Gasteiger partial charge in [-0.3, -0.25) is 4.79 Å². The summed E-state index contributed by atoms with van der Waals surface area (Å²) in [7, 11) is 0. The molecule has 0 unspecified atom stereocenters. The molecule has 1 heterocycles. The summed E-state index contributed by atoms with van der Waals surface area (Å²) >= 11 is 1.19. The first-order chi connectivity index (χ1) is 13.0. The molecular weight excluding hydrogens is 365 g/mol. The summed E-state index contributed by atoms with van der Waals surface area (Å²) in [6.45, 7) is 6.15. The van der Waals surface area contributed by atoms with Crippen LogP contribution in [0.2, 0.25) is 0 Å². The van der Waals surface area contributed by atoms with Crippen molar-refractivity contribution >= 4 is 23.4 Å². The van der Waals surface area contributed by atoms with E-state index in [0.29, 0.717) is 16.8 Å². The zero-order valence-electron chi connectivity index (χ0n) is 15.3. The number of anilines is 1. The number of rotatable bonds is 6. The van der Waals surface area contributed by atoms with Crippen LogP contribution in [0.15, 0.2) is 47.6 Å². The van der Waals surface area contributed by atoms with E-state index in [2.05, 4.69) is 34.7 Å². The molecule has 0 aliphatic carbocycles.